The van der Waals surface area contributed by atoms with Crippen LogP contribution in [0.15, 0.2) is 60.3 Å². The Kier molecular flexibility index (Phi) is 11.5. The van der Waals surface area contributed by atoms with Crippen LogP contribution in [0.2, 0.25) is 0 Å². The number of hydrogen-bond acceptors (Lipinski definition) is 7. The van der Waals surface area contributed by atoms with Crippen molar-refractivity contribution in [3.63, 3.8) is 0 Å². The second kappa shape index (κ2) is 14.1. The molecule has 1 aromatic heterocycles. The van der Waals surface area contributed by atoms with Crippen LogP contribution in [-0.4, -0.2) is 51.0 Å². The third-order valence-corrected chi connectivity index (χ3v) is 6.45. The minimum absolute atomic E-state index is 0.157. The zero-order valence-electron chi connectivity index (χ0n) is 22.1. The van der Waals surface area contributed by atoms with Crippen LogP contribution in [0.4, 0.5) is 0 Å². The Morgan fingerprint density at radius 2 is 2.08 bits per heavy atom. The quantitative estimate of drug-likeness (QED) is 0.324. The second-order valence-corrected chi connectivity index (χ2v) is 10.1. The van der Waals surface area contributed by atoms with Gasteiger partial charge in [-0.1, -0.05) is 44.2 Å². The predicted molar refractivity (Wildman–Crippen MR) is 139 cm³/mol. The molecule has 0 spiro atoms. The Balaban J connectivity index is 2.17. The molecule has 0 aliphatic carbocycles. The van der Waals surface area contributed by atoms with E-state index in [4.69, 9.17) is 9.47 Å². The first-order chi connectivity index (χ1) is 17.0. The first-order valence-electron chi connectivity index (χ1n) is 12.7. The van der Waals surface area contributed by atoms with Crippen molar-refractivity contribution in [3.05, 3.63) is 66.0 Å². The molecule has 1 unspecified atom stereocenters. The van der Waals surface area contributed by atoms with Gasteiger partial charge in [-0.25, -0.2) is 0 Å². The van der Waals surface area contributed by atoms with Gasteiger partial charge < -0.3 is 19.7 Å². The summed E-state index contributed by atoms with van der Waals surface area (Å²) in [6, 6.07) is 5.92. The minimum atomic E-state index is -1.39. The summed E-state index contributed by atoms with van der Waals surface area (Å²) in [6.45, 7) is 8.79. The number of hydrogen-bond donors (Lipinski definition) is 2. The molecule has 2 rings (SSSR count). The van der Waals surface area contributed by atoms with Gasteiger partial charge in [0.15, 0.2) is 0 Å². The van der Waals surface area contributed by atoms with E-state index in [0.717, 1.165) is 24.1 Å². The molecule has 2 heterocycles. The number of carbonyl (C=O) groups excluding carboxylic acids is 2. The van der Waals surface area contributed by atoms with E-state index in [1.807, 2.05) is 44.2 Å². The average molecular weight is 500 g/mol. The largest absolute Gasteiger partial charge is 0.457 e. The minimum Gasteiger partial charge on any atom is -0.457 e. The van der Waals surface area contributed by atoms with Gasteiger partial charge in [-0.3, -0.25) is 14.6 Å². The number of carbonyl (C=O) groups is 2. The van der Waals surface area contributed by atoms with Crippen molar-refractivity contribution in [3.8, 4) is 0 Å². The summed E-state index contributed by atoms with van der Waals surface area (Å²) in [5.41, 5.74) is 0.523. The van der Waals surface area contributed by atoms with Crippen LogP contribution in [0.25, 0.3) is 0 Å². The van der Waals surface area contributed by atoms with E-state index in [9.17, 15) is 19.8 Å². The number of pyridine rings is 1. The summed E-state index contributed by atoms with van der Waals surface area (Å²) in [7, 11) is 0. The summed E-state index contributed by atoms with van der Waals surface area (Å²) in [5.74, 6) is -0.920. The van der Waals surface area contributed by atoms with Crippen molar-refractivity contribution in [2.24, 2.45) is 11.8 Å². The van der Waals surface area contributed by atoms with E-state index in [1.54, 1.807) is 25.3 Å². The van der Waals surface area contributed by atoms with Crippen LogP contribution >= 0.6 is 0 Å². The first kappa shape index (κ1) is 29.5. The summed E-state index contributed by atoms with van der Waals surface area (Å²) in [6.07, 6.45) is 10.9. The molecule has 1 aromatic rings. The van der Waals surface area contributed by atoms with Gasteiger partial charge in [0, 0.05) is 24.7 Å². The van der Waals surface area contributed by atoms with E-state index in [1.165, 1.54) is 6.92 Å². The molecule has 0 aromatic carbocycles. The maximum absolute atomic E-state index is 12.6. The molecule has 0 fully saturated rings. The predicted octanol–water partition coefficient (Wildman–Crippen LogP) is 4.48. The van der Waals surface area contributed by atoms with Gasteiger partial charge in [0.25, 0.3) is 0 Å². The first-order valence-corrected chi connectivity index (χ1v) is 12.7. The topological polar surface area (TPSA) is 106 Å². The number of aliphatic hydroxyl groups excluding tert-OH is 1. The molecule has 6 atom stereocenters. The van der Waals surface area contributed by atoms with Crippen LogP contribution in [0.5, 0.6) is 0 Å². The van der Waals surface area contributed by atoms with Gasteiger partial charge in [-0.2, -0.15) is 0 Å². The lowest BCUT2D eigenvalue weighted by Crippen LogP contribution is -2.42. The number of nitrogens with zero attached hydrogens (tertiary/aromatic N) is 1. The maximum Gasteiger partial charge on any atom is 0.309 e. The smallest absolute Gasteiger partial charge is 0.309 e. The standard InChI is InChI=1S/C29H41NO6/c1-20(12-14-24-11-6-7-18-30-24)9-8-10-21(2)28-22(3)13-15-26(35-23(4)31)29(5,34)17-16-25(32)19-27(33)36-28/h6-11,13,15,18,20,22,25-26,28,32,34H,12,14,16-17,19H2,1-5H3/b9-8+,15-13+,21-10+/t20?,22-,25+,26-,28+,29+/m0/s1. The molecule has 0 amide bonds. The Morgan fingerprint density at radius 3 is 2.75 bits per heavy atom. The van der Waals surface area contributed by atoms with Gasteiger partial charge in [-0.05, 0) is 69.2 Å². The summed E-state index contributed by atoms with van der Waals surface area (Å²) in [4.78, 5) is 28.5. The van der Waals surface area contributed by atoms with Crippen molar-refractivity contribution in [2.75, 3.05) is 0 Å². The van der Waals surface area contributed by atoms with E-state index < -0.39 is 35.9 Å². The summed E-state index contributed by atoms with van der Waals surface area (Å²) < 4.78 is 11.1. The van der Waals surface area contributed by atoms with Crippen LogP contribution in [0.3, 0.4) is 0 Å². The molecule has 0 saturated carbocycles. The number of rotatable bonds is 7. The van der Waals surface area contributed by atoms with E-state index >= 15 is 0 Å². The fourth-order valence-corrected chi connectivity index (χ4v) is 4.14. The van der Waals surface area contributed by atoms with Crippen LogP contribution in [0.1, 0.15) is 66.0 Å². The average Bonchev–Trinajstić information content (AvgIpc) is 2.82. The zero-order valence-corrected chi connectivity index (χ0v) is 22.1. The zero-order chi connectivity index (χ0) is 26.7. The van der Waals surface area contributed by atoms with Crippen molar-refractivity contribution >= 4 is 11.9 Å². The molecule has 1 aliphatic heterocycles. The number of esters is 2. The molecule has 36 heavy (non-hydrogen) atoms. The summed E-state index contributed by atoms with van der Waals surface area (Å²) in [5, 5.41) is 21.2. The van der Waals surface area contributed by atoms with Crippen LogP contribution < -0.4 is 0 Å². The van der Waals surface area contributed by atoms with Gasteiger partial charge >= 0.3 is 11.9 Å². The van der Waals surface area contributed by atoms with E-state index in [-0.39, 0.29) is 25.2 Å². The molecule has 198 valence electrons. The lowest BCUT2D eigenvalue weighted by Gasteiger charge is -2.32. The van der Waals surface area contributed by atoms with Crippen molar-refractivity contribution in [2.45, 2.75) is 90.6 Å². The number of allylic oxidation sites excluding steroid dienone is 3. The van der Waals surface area contributed by atoms with Crippen molar-refractivity contribution in [1.29, 1.82) is 0 Å². The molecule has 2 N–H and O–H groups in total. The lowest BCUT2D eigenvalue weighted by molar-refractivity contribution is -0.157. The number of aromatic nitrogens is 1. The van der Waals surface area contributed by atoms with Gasteiger partial charge in [-0.15, -0.1) is 0 Å². The lowest BCUT2D eigenvalue weighted by atomic mass is 9.88. The number of ether oxygens (including phenoxy) is 2. The molecule has 1 aliphatic rings. The highest BCUT2D eigenvalue weighted by Gasteiger charge is 2.35. The Bertz CT molecular complexity index is 936. The molecule has 0 radical (unpaired) electrons. The maximum atomic E-state index is 12.6. The molecule has 0 saturated heterocycles. The summed E-state index contributed by atoms with van der Waals surface area (Å²) >= 11 is 0. The molecule has 0 bridgehead atoms. The molecular formula is C29H41NO6. The molecule has 7 nitrogen and oxygen atoms in total. The van der Waals surface area contributed by atoms with Crippen LogP contribution in [0, 0.1) is 11.8 Å². The normalized spacial score (nSPS) is 30.1. The fourth-order valence-electron chi connectivity index (χ4n) is 4.14. The highest BCUT2D eigenvalue weighted by Crippen LogP contribution is 2.27. The fraction of sp³-hybridized carbons (Fsp3) is 0.552. The third-order valence-electron chi connectivity index (χ3n) is 6.45. The molecule has 7 heteroatoms. The third kappa shape index (κ3) is 10.1. The Hall–Kier alpha value is -2.77. The number of cyclic esters (lactones) is 1. The van der Waals surface area contributed by atoms with Gasteiger partial charge in [0.05, 0.1) is 12.5 Å². The number of aliphatic hydroxyl groups is 2. The Labute approximate surface area is 214 Å². The second-order valence-electron chi connectivity index (χ2n) is 10.1. The van der Waals surface area contributed by atoms with Gasteiger partial charge in [0.1, 0.15) is 17.8 Å². The van der Waals surface area contributed by atoms with E-state index in [2.05, 4.69) is 18.0 Å². The van der Waals surface area contributed by atoms with Crippen molar-refractivity contribution in [1.82, 2.24) is 4.98 Å². The molecular weight excluding hydrogens is 458 g/mol. The van der Waals surface area contributed by atoms with E-state index in [0.29, 0.717) is 5.92 Å². The Morgan fingerprint density at radius 1 is 1.33 bits per heavy atom. The highest BCUT2D eigenvalue weighted by atomic mass is 16.6. The van der Waals surface area contributed by atoms with Crippen LogP contribution in [-0.2, 0) is 25.5 Å². The van der Waals surface area contributed by atoms with Gasteiger partial charge in [0.2, 0.25) is 0 Å². The SMILES string of the molecule is CC(=O)O[C@H]1/C=C/[C@H](C)[C@@H](/C(C)=C/C=C/C(C)CCc2ccccn2)OC(=O)C[C@H](O)CC[C@@]1(C)O. The number of aryl methyl sites for hydroxylation is 1. The monoisotopic (exact) mass is 499 g/mol. The highest BCUT2D eigenvalue weighted by molar-refractivity contribution is 5.70. The van der Waals surface area contributed by atoms with Crippen molar-refractivity contribution < 1.29 is 29.3 Å².